The average molecular weight is 331 g/mol. The molecule has 0 spiro atoms. The van der Waals surface area contributed by atoms with Gasteiger partial charge >= 0.3 is 0 Å². The third kappa shape index (κ3) is 2.70. The molecule has 6 heteroatoms. The Bertz CT molecular complexity index is 570. The maximum Gasteiger partial charge on any atom is 0.157 e. The van der Waals surface area contributed by atoms with Gasteiger partial charge in [0.05, 0.1) is 6.61 Å². The number of anilines is 3. The number of nitrogens with two attached hydrogens (primary N) is 1. The van der Waals surface area contributed by atoms with Crippen molar-refractivity contribution < 1.29 is 5.11 Å². The first-order valence-corrected chi connectivity index (χ1v) is 9.37. The van der Waals surface area contributed by atoms with Crippen LogP contribution in [0.25, 0.3) is 0 Å². The SMILES string of the molecule is CCN(CCO)c1ncnc(NC23CC4CC(CC(C4)C2)C3)c1N. The summed E-state index contributed by atoms with van der Waals surface area (Å²) in [6, 6.07) is 0. The summed E-state index contributed by atoms with van der Waals surface area (Å²) in [5, 5.41) is 13.0. The van der Waals surface area contributed by atoms with Crippen molar-refractivity contribution in [2.24, 2.45) is 17.8 Å². The molecule has 5 rings (SSSR count). The van der Waals surface area contributed by atoms with Gasteiger partial charge in [0.1, 0.15) is 12.0 Å². The third-order valence-electron chi connectivity index (χ3n) is 6.34. The number of nitrogens with zero attached hydrogens (tertiary/aromatic N) is 3. The van der Waals surface area contributed by atoms with E-state index in [4.69, 9.17) is 5.73 Å². The topological polar surface area (TPSA) is 87.3 Å². The van der Waals surface area contributed by atoms with Crippen LogP contribution >= 0.6 is 0 Å². The van der Waals surface area contributed by atoms with E-state index in [1.165, 1.54) is 38.5 Å². The zero-order valence-corrected chi connectivity index (χ0v) is 14.5. The van der Waals surface area contributed by atoms with Gasteiger partial charge in [0.25, 0.3) is 0 Å². The highest BCUT2D eigenvalue weighted by atomic mass is 16.3. The molecule has 4 aliphatic rings. The van der Waals surface area contributed by atoms with Crippen LogP contribution in [0.15, 0.2) is 6.33 Å². The zero-order valence-electron chi connectivity index (χ0n) is 14.5. The van der Waals surface area contributed by atoms with Crippen LogP contribution in [0.4, 0.5) is 17.3 Å². The average Bonchev–Trinajstić information content (AvgIpc) is 2.53. The van der Waals surface area contributed by atoms with Gasteiger partial charge in [-0.2, -0.15) is 0 Å². The van der Waals surface area contributed by atoms with Gasteiger partial charge in [-0.15, -0.1) is 0 Å². The van der Waals surface area contributed by atoms with E-state index in [2.05, 4.69) is 15.3 Å². The number of aliphatic hydroxyl groups is 1. The van der Waals surface area contributed by atoms with Crippen LogP contribution in [0, 0.1) is 17.8 Å². The number of likely N-dealkylation sites (N-methyl/N-ethyl adjacent to an activating group) is 1. The Morgan fingerprint density at radius 2 is 1.83 bits per heavy atom. The van der Waals surface area contributed by atoms with Crippen LogP contribution in [-0.4, -0.2) is 40.3 Å². The number of nitrogen functional groups attached to an aromatic ring is 1. The predicted octanol–water partition coefficient (Wildman–Crippen LogP) is 2.26. The molecule has 0 aromatic carbocycles. The molecule has 4 fully saturated rings. The highest BCUT2D eigenvalue weighted by Gasteiger charge is 2.51. The smallest absolute Gasteiger partial charge is 0.157 e. The predicted molar refractivity (Wildman–Crippen MR) is 95.9 cm³/mol. The van der Waals surface area contributed by atoms with Crippen molar-refractivity contribution in [3.63, 3.8) is 0 Å². The maximum atomic E-state index is 9.26. The summed E-state index contributed by atoms with van der Waals surface area (Å²) < 4.78 is 0. The van der Waals surface area contributed by atoms with Crippen molar-refractivity contribution in [1.82, 2.24) is 9.97 Å². The number of hydrogen-bond donors (Lipinski definition) is 3. The van der Waals surface area contributed by atoms with Gasteiger partial charge in [0.15, 0.2) is 11.6 Å². The van der Waals surface area contributed by atoms with Crippen molar-refractivity contribution in [1.29, 1.82) is 0 Å². The fraction of sp³-hybridized carbons (Fsp3) is 0.778. The first kappa shape index (κ1) is 15.9. The van der Waals surface area contributed by atoms with E-state index in [-0.39, 0.29) is 12.1 Å². The molecule has 4 aliphatic carbocycles. The number of aromatic nitrogens is 2. The lowest BCUT2D eigenvalue weighted by Crippen LogP contribution is -2.55. The molecule has 6 nitrogen and oxygen atoms in total. The molecular weight excluding hydrogens is 302 g/mol. The van der Waals surface area contributed by atoms with Gasteiger partial charge in [-0.1, -0.05) is 0 Å². The Labute approximate surface area is 143 Å². The van der Waals surface area contributed by atoms with Crippen molar-refractivity contribution >= 4 is 17.3 Å². The Morgan fingerprint density at radius 3 is 2.38 bits per heavy atom. The van der Waals surface area contributed by atoms with E-state index < -0.39 is 0 Å². The molecule has 0 amide bonds. The molecule has 4 bridgehead atoms. The summed E-state index contributed by atoms with van der Waals surface area (Å²) in [5.41, 5.74) is 7.21. The molecule has 0 atom stereocenters. The molecule has 1 heterocycles. The molecule has 0 saturated heterocycles. The molecule has 0 aliphatic heterocycles. The van der Waals surface area contributed by atoms with Crippen LogP contribution in [0.2, 0.25) is 0 Å². The van der Waals surface area contributed by atoms with Crippen LogP contribution in [0.3, 0.4) is 0 Å². The molecule has 132 valence electrons. The first-order valence-electron chi connectivity index (χ1n) is 9.37. The highest BCUT2D eigenvalue weighted by Crippen LogP contribution is 2.56. The lowest BCUT2D eigenvalue weighted by atomic mass is 9.53. The largest absolute Gasteiger partial charge is 0.395 e. The molecule has 1 aromatic rings. The molecule has 0 unspecified atom stereocenters. The van der Waals surface area contributed by atoms with Gasteiger partial charge in [-0.3, -0.25) is 0 Å². The molecular formula is C18H29N5O. The van der Waals surface area contributed by atoms with E-state index in [0.29, 0.717) is 12.2 Å². The monoisotopic (exact) mass is 331 g/mol. The van der Waals surface area contributed by atoms with Crippen molar-refractivity contribution in [3.05, 3.63) is 6.33 Å². The number of hydrogen-bond acceptors (Lipinski definition) is 6. The highest BCUT2D eigenvalue weighted by molar-refractivity contribution is 5.75. The first-order chi connectivity index (χ1) is 11.6. The summed E-state index contributed by atoms with van der Waals surface area (Å²) in [4.78, 5) is 10.8. The van der Waals surface area contributed by atoms with Gasteiger partial charge < -0.3 is 21.1 Å². The number of aliphatic hydroxyl groups excluding tert-OH is 1. The molecule has 4 saturated carbocycles. The van der Waals surface area contributed by atoms with Crippen LogP contribution in [0.1, 0.15) is 45.4 Å². The van der Waals surface area contributed by atoms with Crippen LogP contribution < -0.4 is 16.0 Å². The van der Waals surface area contributed by atoms with E-state index in [9.17, 15) is 5.11 Å². The lowest BCUT2D eigenvalue weighted by Gasteiger charge is -2.57. The standard InChI is InChI=1S/C18H29N5O/c1-2-23(3-4-24)17-15(19)16(20-11-21-17)22-18-8-12-5-13(9-18)7-14(6-12)10-18/h11-14,24H,2-10,19H2,1H3,(H,20,21,22). The van der Waals surface area contributed by atoms with Crippen LogP contribution in [0.5, 0.6) is 0 Å². The molecule has 4 N–H and O–H groups in total. The Hall–Kier alpha value is -1.56. The fourth-order valence-corrected chi connectivity index (χ4v) is 5.79. The second kappa shape index (κ2) is 6.06. The van der Waals surface area contributed by atoms with Gasteiger partial charge in [-0.25, -0.2) is 9.97 Å². The minimum absolute atomic E-state index is 0.0923. The normalized spacial score (nSPS) is 33.7. The van der Waals surface area contributed by atoms with E-state index in [0.717, 1.165) is 35.9 Å². The Morgan fingerprint density at radius 1 is 1.21 bits per heavy atom. The lowest BCUT2D eigenvalue weighted by molar-refractivity contribution is 0.0106. The summed E-state index contributed by atoms with van der Waals surface area (Å²) >= 11 is 0. The summed E-state index contributed by atoms with van der Waals surface area (Å²) in [6.45, 7) is 3.44. The quantitative estimate of drug-likeness (QED) is 0.741. The van der Waals surface area contributed by atoms with E-state index in [1.807, 2.05) is 11.8 Å². The van der Waals surface area contributed by atoms with Crippen molar-refractivity contribution in [2.45, 2.75) is 51.0 Å². The Balaban J connectivity index is 1.59. The van der Waals surface area contributed by atoms with E-state index in [1.54, 1.807) is 6.33 Å². The number of nitrogens with one attached hydrogen (secondary N) is 1. The third-order valence-corrected chi connectivity index (χ3v) is 6.34. The molecule has 24 heavy (non-hydrogen) atoms. The second-order valence-electron chi connectivity index (χ2n) is 8.09. The summed E-state index contributed by atoms with van der Waals surface area (Å²) in [6.07, 6.45) is 9.63. The molecule has 0 radical (unpaired) electrons. The van der Waals surface area contributed by atoms with Gasteiger partial charge in [-0.05, 0) is 63.2 Å². The van der Waals surface area contributed by atoms with Gasteiger partial charge in [0.2, 0.25) is 0 Å². The maximum absolute atomic E-state index is 9.26. The van der Waals surface area contributed by atoms with Crippen molar-refractivity contribution in [2.75, 3.05) is 35.6 Å². The minimum Gasteiger partial charge on any atom is -0.395 e. The fourth-order valence-electron chi connectivity index (χ4n) is 5.79. The molecule has 1 aromatic heterocycles. The summed E-state index contributed by atoms with van der Waals surface area (Å²) in [5.74, 6) is 4.15. The van der Waals surface area contributed by atoms with Crippen LogP contribution in [-0.2, 0) is 0 Å². The van der Waals surface area contributed by atoms with Gasteiger partial charge in [0, 0.05) is 18.6 Å². The minimum atomic E-state index is 0.0923. The summed E-state index contributed by atoms with van der Waals surface area (Å²) in [7, 11) is 0. The Kier molecular flexibility index (Phi) is 4.03. The van der Waals surface area contributed by atoms with Crippen molar-refractivity contribution in [3.8, 4) is 0 Å². The zero-order chi connectivity index (χ0) is 16.7. The number of rotatable bonds is 6. The van der Waals surface area contributed by atoms with E-state index >= 15 is 0 Å². The second-order valence-corrected chi connectivity index (χ2v) is 8.09.